The standard InChI is InChI=1S/C26H34N4O3S/c1-29(14-6-16-31-2)23-13-15-30(19-23)22-11-9-21(10-12-22)26-28-27-25(33-26)20-34-18-17-32-24-7-4-3-5-8-24/h3-5,7-12,23H,6,13-20H2,1-2H3. The zero-order valence-electron chi connectivity index (χ0n) is 20.1. The SMILES string of the molecule is COCCCN(C)C1CCN(c2ccc(-c3nnc(CSCCOc4ccccc4)o3)cc2)C1. The van der Waals surface area contributed by atoms with Crippen molar-refractivity contribution in [1.29, 1.82) is 0 Å². The van der Waals surface area contributed by atoms with Crippen molar-refractivity contribution in [2.45, 2.75) is 24.6 Å². The zero-order chi connectivity index (χ0) is 23.6. The van der Waals surface area contributed by atoms with Crippen LogP contribution in [0.15, 0.2) is 59.0 Å². The molecule has 0 bridgehead atoms. The van der Waals surface area contributed by atoms with Crippen molar-refractivity contribution in [1.82, 2.24) is 15.1 Å². The fraction of sp³-hybridized carbons (Fsp3) is 0.462. The molecule has 0 saturated carbocycles. The number of para-hydroxylation sites is 1. The fourth-order valence-electron chi connectivity index (χ4n) is 4.12. The van der Waals surface area contributed by atoms with Crippen molar-refractivity contribution < 1.29 is 13.9 Å². The quantitative estimate of drug-likeness (QED) is 0.328. The Balaban J connectivity index is 1.21. The van der Waals surface area contributed by atoms with Gasteiger partial charge in [-0.1, -0.05) is 18.2 Å². The average Bonchev–Trinajstić information content (AvgIpc) is 3.55. The molecule has 2 aromatic carbocycles. The van der Waals surface area contributed by atoms with Gasteiger partial charge in [-0.25, -0.2) is 0 Å². The van der Waals surface area contributed by atoms with E-state index in [9.17, 15) is 0 Å². The molecule has 1 atom stereocenters. The maximum atomic E-state index is 5.88. The van der Waals surface area contributed by atoms with Crippen LogP contribution in [-0.2, 0) is 10.5 Å². The summed E-state index contributed by atoms with van der Waals surface area (Å²) in [4.78, 5) is 4.91. The molecule has 1 aliphatic rings. The molecule has 1 unspecified atom stereocenters. The summed E-state index contributed by atoms with van der Waals surface area (Å²) < 4.78 is 16.8. The highest BCUT2D eigenvalue weighted by Crippen LogP contribution is 2.26. The van der Waals surface area contributed by atoms with E-state index in [4.69, 9.17) is 13.9 Å². The molecule has 8 heteroatoms. The van der Waals surface area contributed by atoms with Crippen LogP contribution in [0.25, 0.3) is 11.5 Å². The lowest BCUT2D eigenvalue weighted by atomic mass is 10.2. The number of ether oxygens (including phenoxy) is 2. The summed E-state index contributed by atoms with van der Waals surface area (Å²) in [6, 6.07) is 18.9. The third kappa shape index (κ3) is 6.98. The zero-order valence-corrected chi connectivity index (χ0v) is 20.9. The van der Waals surface area contributed by atoms with E-state index in [1.54, 1.807) is 18.9 Å². The number of likely N-dealkylation sites (N-methyl/N-ethyl adjacent to an activating group) is 1. The van der Waals surface area contributed by atoms with E-state index in [2.05, 4.69) is 51.3 Å². The summed E-state index contributed by atoms with van der Waals surface area (Å²) in [5, 5.41) is 8.44. The molecule has 3 aromatic rings. The van der Waals surface area contributed by atoms with E-state index in [-0.39, 0.29) is 0 Å². The molecule has 7 nitrogen and oxygen atoms in total. The van der Waals surface area contributed by atoms with Gasteiger partial charge in [-0.3, -0.25) is 0 Å². The molecule has 0 spiro atoms. The second kappa shape index (κ2) is 12.8. The molecule has 4 rings (SSSR count). The minimum Gasteiger partial charge on any atom is -0.493 e. The molecule has 1 aliphatic heterocycles. The van der Waals surface area contributed by atoms with E-state index >= 15 is 0 Å². The number of thioether (sulfide) groups is 1. The number of aromatic nitrogens is 2. The Morgan fingerprint density at radius 1 is 1.09 bits per heavy atom. The van der Waals surface area contributed by atoms with Crippen LogP contribution in [0.2, 0.25) is 0 Å². The van der Waals surface area contributed by atoms with Gasteiger partial charge in [0.2, 0.25) is 11.8 Å². The van der Waals surface area contributed by atoms with Crippen molar-refractivity contribution in [2.75, 3.05) is 57.7 Å². The highest BCUT2D eigenvalue weighted by Gasteiger charge is 2.25. The molecule has 0 amide bonds. The van der Waals surface area contributed by atoms with Crippen molar-refractivity contribution >= 4 is 17.4 Å². The highest BCUT2D eigenvalue weighted by molar-refractivity contribution is 7.98. The molecule has 1 fully saturated rings. The third-order valence-corrected chi connectivity index (χ3v) is 6.96. The first-order valence-electron chi connectivity index (χ1n) is 11.9. The van der Waals surface area contributed by atoms with Crippen molar-refractivity contribution in [3.8, 4) is 17.2 Å². The van der Waals surface area contributed by atoms with Gasteiger partial charge in [0, 0.05) is 56.4 Å². The minimum atomic E-state index is 0.569. The number of hydrogen-bond acceptors (Lipinski definition) is 8. The van der Waals surface area contributed by atoms with E-state index in [1.807, 2.05) is 30.3 Å². The van der Waals surface area contributed by atoms with Gasteiger partial charge in [-0.15, -0.1) is 22.0 Å². The maximum Gasteiger partial charge on any atom is 0.247 e. The van der Waals surface area contributed by atoms with Gasteiger partial charge in [0.25, 0.3) is 0 Å². The lowest BCUT2D eigenvalue weighted by Gasteiger charge is -2.25. The van der Waals surface area contributed by atoms with Crippen LogP contribution in [0.4, 0.5) is 5.69 Å². The van der Waals surface area contributed by atoms with E-state index in [1.165, 1.54) is 12.1 Å². The molecule has 0 aliphatic carbocycles. The first-order valence-corrected chi connectivity index (χ1v) is 13.0. The predicted octanol–water partition coefficient (Wildman–Crippen LogP) is 4.60. The van der Waals surface area contributed by atoms with E-state index in [0.29, 0.717) is 30.2 Å². The molecule has 34 heavy (non-hydrogen) atoms. The fourth-order valence-corrected chi connectivity index (χ4v) is 4.75. The van der Waals surface area contributed by atoms with Gasteiger partial charge in [-0.05, 0) is 56.3 Å². The lowest BCUT2D eigenvalue weighted by Crippen LogP contribution is -2.35. The molecule has 0 radical (unpaired) electrons. The van der Waals surface area contributed by atoms with Crippen molar-refractivity contribution in [3.63, 3.8) is 0 Å². The first-order chi connectivity index (χ1) is 16.7. The van der Waals surface area contributed by atoms with Crippen LogP contribution in [0, 0.1) is 0 Å². The highest BCUT2D eigenvalue weighted by atomic mass is 32.2. The number of benzene rings is 2. The Bertz CT molecular complexity index is 983. The van der Waals surface area contributed by atoms with Gasteiger partial charge < -0.3 is 23.7 Å². The van der Waals surface area contributed by atoms with Crippen molar-refractivity contribution in [2.24, 2.45) is 0 Å². The summed E-state index contributed by atoms with van der Waals surface area (Å²) >= 11 is 1.72. The normalized spacial score (nSPS) is 15.9. The third-order valence-electron chi connectivity index (χ3n) is 6.06. The number of rotatable bonds is 13. The van der Waals surface area contributed by atoms with Gasteiger partial charge in [0.05, 0.1) is 12.4 Å². The maximum absolute atomic E-state index is 5.88. The molecule has 1 aromatic heterocycles. The Kier molecular flexibility index (Phi) is 9.24. The molecule has 0 N–H and O–H groups in total. The smallest absolute Gasteiger partial charge is 0.247 e. The number of anilines is 1. The van der Waals surface area contributed by atoms with Gasteiger partial charge in [0.15, 0.2) is 0 Å². The van der Waals surface area contributed by atoms with Crippen LogP contribution in [0.1, 0.15) is 18.7 Å². The predicted molar refractivity (Wildman–Crippen MR) is 138 cm³/mol. The minimum absolute atomic E-state index is 0.569. The summed E-state index contributed by atoms with van der Waals surface area (Å²) in [6.45, 7) is 4.68. The Morgan fingerprint density at radius 2 is 1.91 bits per heavy atom. The summed E-state index contributed by atoms with van der Waals surface area (Å²) in [7, 11) is 3.98. The van der Waals surface area contributed by atoms with E-state index in [0.717, 1.165) is 49.7 Å². The summed E-state index contributed by atoms with van der Waals surface area (Å²) in [5.41, 5.74) is 2.19. The molecule has 2 heterocycles. The average molecular weight is 483 g/mol. The number of methoxy groups -OCH3 is 1. The van der Waals surface area contributed by atoms with Crippen LogP contribution in [-0.4, -0.2) is 73.9 Å². The second-order valence-electron chi connectivity index (χ2n) is 8.48. The van der Waals surface area contributed by atoms with Crippen LogP contribution < -0.4 is 9.64 Å². The summed E-state index contributed by atoms with van der Waals surface area (Å²) in [6.07, 6.45) is 2.26. The Labute approximate surface area is 206 Å². The van der Waals surface area contributed by atoms with E-state index < -0.39 is 0 Å². The van der Waals surface area contributed by atoms with Gasteiger partial charge in [-0.2, -0.15) is 0 Å². The van der Waals surface area contributed by atoms with Crippen molar-refractivity contribution in [3.05, 3.63) is 60.5 Å². The van der Waals surface area contributed by atoms with Gasteiger partial charge >= 0.3 is 0 Å². The lowest BCUT2D eigenvalue weighted by molar-refractivity contribution is 0.168. The number of nitrogens with zero attached hydrogens (tertiary/aromatic N) is 4. The molecule has 1 saturated heterocycles. The molecular weight excluding hydrogens is 448 g/mol. The van der Waals surface area contributed by atoms with Crippen LogP contribution in [0.5, 0.6) is 5.75 Å². The number of hydrogen-bond donors (Lipinski definition) is 0. The largest absolute Gasteiger partial charge is 0.493 e. The van der Waals surface area contributed by atoms with Crippen LogP contribution in [0.3, 0.4) is 0 Å². The topological polar surface area (TPSA) is 63.9 Å². The summed E-state index contributed by atoms with van der Waals surface area (Å²) in [5.74, 6) is 3.64. The molecule has 182 valence electrons. The Hall–Kier alpha value is -2.55. The first kappa shape index (κ1) is 24.6. The molecular formula is C26H34N4O3S. The monoisotopic (exact) mass is 482 g/mol. The second-order valence-corrected chi connectivity index (χ2v) is 9.58. The Morgan fingerprint density at radius 3 is 2.71 bits per heavy atom. The van der Waals surface area contributed by atoms with Gasteiger partial charge in [0.1, 0.15) is 5.75 Å². The van der Waals surface area contributed by atoms with Crippen LogP contribution >= 0.6 is 11.8 Å².